The van der Waals surface area contributed by atoms with Gasteiger partial charge in [0, 0.05) is 0 Å². The molecule has 0 aromatic rings. The fourth-order valence-corrected chi connectivity index (χ4v) is 0. The predicted octanol–water partition coefficient (Wildman–Crippen LogP) is -12.8. The third kappa shape index (κ3) is 1530. The molecule has 0 aliphatic rings. The van der Waals surface area contributed by atoms with Gasteiger partial charge in [0.05, 0.1) is 0 Å². The molecule has 0 aliphatic carbocycles. The van der Waals surface area contributed by atoms with Crippen molar-refractivity contribution in [2.75, 3.05) is 0 Å². The van der Waals surface area contributed by atoms with Gasteiger partial charge >= 0.3 is 276 Å². The van der Waals surface area contributed by atoms with E-state index in [-0.39, 0.29) is 73.8 Å². The Hall–Kier alpha value is 4.61. The average molecular weight is 1160 g/mol. The van der Waals surface area contributed by atoms with Crippen molar-refractivity contribution in [3.8, 4) is 0 Å². The van der Waals surface area contributed by atoms with E-state index in [2.05, 4.69) is 0 Å². The maximum atomic E-state index is 8.81. The van der Waals surface area contributed by atoms with Crippen LogP contribution in [0.25, 0.3) is 0 Å². The average Bonchev–Trinajstić information content (AvgIpc) is 2.20. The van der Waals surface area contributed by atoms with Crippen LogP contribution in [-0.2, 0) is 196 Å². The van der Waals surface area contributed by atoms with E-state index in [1.165, 1.54) is 0 Å². The van der Waals surface area contributed by atoms with Crippen LogP contribution in [0.4, 0.5) is 0 Å². The van der Waals surface area contributed by atoms with Crippen molar-refractivity contribution in [1.82, 2.24) is 0 Å². The summed E-state index contributed by atoms with van der Waals surface area (Å²) in [5.41, 5.74) is 0. The van der Waals surface area contributed by atoms with Crippen LogP contribution in [0.15, 0.2) is 0 Å². The van der Waals surface area contributed by atoms with Gasteiger partial charge in [-0.25, -0.2) is 0 Å². The zero-order chi connectivity index (χ0) is 25.0. The van der Waals surface area contributed by atoms with Gasteiger partial charge in [0.25, 0.3) is 0 Å². The second-order valence-corrected chi connectivity index (χ2v) is 9.10. The van der Waals surface area contributed by atoms with Crippen molar-refractivity contribution >= 4 is 0 Å². The Labute approximate surface area is 270 Å². The molecule has 0 aromatic carbocycles. The van der Waals surface area contributed by atoms with E-state index in [1.807, 2.05) is 0 Å². The fraction of sp³-hybridized carbons (Fsp3) is 0. The van der Waals surface area contributed by atoms with E-state index >= 15 is 0 Å². The molecule has 0 aromatic heterocycles. The number of hydrogen-bond donors (Lipinski definition) is 2. The molecular formula is H2KNb6O21TaTi. The van der Waals surface area contributed by atoms with Gasteiger partial charge in [-0.1, -0.05) is 0 Å². The molecule has 0 atom stereocenters. The quantitative estimate of drug-likeness (QED) is 0.213. The molecule has 0 saturated carbocycles. The molecule has 0 unspecified atom stereocenters. The fourth-order valence-electron chi connectivity index (χ4n) is 0. The zero-order valence-electron chi connectivity index (χ0n) is 13.3. The smallest absolute Gasteiger partial charge is 5.00 e. The molecular weight excluding hydrogens is 1160 g/mol. The van der Waals surface area contributed by atoms with E-state index in [0.29, 0.717) is 0 Å². The van der Waals surface area contributed by atoms with Crippen molar-refractivity contribution in [3.63, 3.8) is 0 Å². The molecule has 0 saturated heterocycles. The Morgan fingerprint density at radius 3 is 0.433 bits per heavy atom. The predicted molar refractivity (Wildman–Crippen MR) is 13.4 cm³/mol. The molecule has 168 valence electrons. The van der Waals surface area contributed by atoms with E-state index in [0.717, 1.165) is 0 Å². The molecule has 30 heteroatoms. The van der Waals surface area contributed by atoms with Gasteiger partial charge in [0.15, 0.2) is 0 Å². The summed E-state index contributed by atoms with van der Waals surface area (Å²) < 4.78 is 178. The molecule has 2 N–H and O–H groups in total. The van der Waals surface area contributed by atoms with Gasteiger partial charge in [0.1, 0.15) is 0 Å². The Morgan fingerprint density at radius 1 is 0.433 bits per heavy atom. The third-order valence-corrected chi connectivity index (χ3v) is 0. The number of hydrogen-bond acceptors (Lipinski definition) is 19. The van der Waals surface area contributed by atoms with Crippen molar-refractivity contribution in [1.29, 1.82) is 0 Å². The minimum atomic E-state index is -4.20. The van der Waals surface area contributed by atoms with E-state index in [9.17, 15) is 0 Å². The summed E-state index contributed by atoms with van der Waals surface area (Å²) in [7, 11) is 0. The zero-order valence-corrected chi connectivity index (χ0v) is 34.4. The minimum Gasteiger partial charge on any atom is 5.00 e. The molecule has 0 radical (unpaired) electrons. The van der Waals surface area contributed by atoms with Crippen LogP contribution in [0.5, 0.6) is 0 Å². The largest absolute Gasteiger partial charge is 5.00 e. The summed E-state index contributed by atoms with van der Waals surface area (Å²) in [5.74, 6) is 0. The Balaban J connectivity index is -0.0000000242. The minimum absolute atomic E-state index is 0. The van der Waals surface area contributed by atoms with Crippen LogP contribution in [-0.4, -0.2) is 7.38 Å². The molecule has 0 fully saturated rings. The van der Waals surface area contributed by atoms with Crippen LogP contribution in [0.2, 0.25) is 0 Å². The monoisotopic (exact) mass is 1160 g/mol. The van der Waals surface area contributed by atoms with E-state index < -0.39 is 131 Å². The SMILES string of the molecule is [K+].[O]=[Nb](=[O])[O-].[O]=[Nb](=[O])[O-].[O]=[Nb](=[O])[O-].[O]=[Nb](=[O])[O-].[O]=[Nb](=[O])[O-].[O]=[Nb](=[O])[O-].[O]=[Ti]([OH])[OH].[Ta+5]. The van der Waals surface area contributed by atoms with E-state index in [4.69, 9.17) is 71.4 Å². The van der Waals surface area contributed by atoms with Gasteiger partial charge in [0.2, 0.25) is 0 Å². The molecule has 21 nitrogen and oxygen atoms in total. The van der Waals surface area contributed by atoms with Crippen LogP contribution in [0, 0.1) is 0 Å². The Bertz CT molecular complexity index is 566. The summed E-state index contributed by atoms with van der Waals surface area (Å²) in [6.45, 7) is 0. The summed E-state index contributed by atoms with van der Waals surface area (Å²) in [4.78, 5) is 0. The topological polar surface area (TPSA) is 401 Å². The number of rotatable bonds is 0. The van der Waals surface area contributed by atoms with Gasteiger partial charge in [-0.2, -0.15) is 0 Å². The summed E-state index contributed by atoms with van der Waals surface area (Å²) in [6.07, 6.45) is 0. The van der Waals surface area contributed by atoms with Gasteiger partial charge in [-0.3, -0.25) is 0 Å². The van der Waals surface area contributed by atoms with Crippen LogP contribution < -0.4 is 73.1 Å². The van der Waals surface area contributed by atoms with Crippen LogP contribution in [0.3, 0.4) is 0 Å². The van der Waals surface area contributed by atoms with Crippen molar-refractivity contribution in [2.24, 2.45) is 0 Å². The van der Waals surface area contributed by atoms with Gasteiger partial charge in [-0.15, -0.1) is 0 Å². The first-order valence-corrected chi connectivity index (χ1v) is 22.1. The van der Waals surface area contributed by atoms with Crippen molar-refractivity contribution in [2.45, 2.75) is 0 Å². The summed E-state index contributed by atoms with van der Waals surface area (Å²) in [5, 5.41) is 0. The molecule has 0 spiro atoms. The molecule has 30 heavy (non-hydrogen) atoms. The molecule has 0 heterocycles. The second-order valence-electron chi connectivity index (χ2n) is 1.62. The van der Waals surface area contributed by atoms with Gasteiger partial charge < -0.3 is 0 Å². The maximum absolute atomic E-state index is 8.81. The first kappa shape index (κ1) is 59.6. The molecule has 0 rings (SSSR count). The Kier molecular flexibility index (Phi) is 108. The summed E-state index contributed by atoms with van der Waals surface area (Å²) >= 11 is -28.8. The molecule has 0 amide bonds. The normalized spacial score (nSPS) is 5.87. The maximum Gasteiger partial charge on any atom is 5.00 e. The Morgan fingerprint density at radius 2 is 0.433 bits per heavy atom. The first-order valence-electron chi connectivity index (χ1n) is 3.94. The second kappa shape index (κ2) is 54.5. The van der Waals surface area contributed by atoms with Gasteiger partial charge in [-0.05, 0) is 0 Å². The third-order valence-electron chi connectivity index (χ3n) is 0. The standard InChI is InChI=1S/K.6Nb.2H2O.19O.Ta.Ti/h;;;;;;;2*1H2;;;;;;;;;;;;;;;;;;;;;/q+1;;;;;;;;;;;;;;;;;;;;;;6*-1;+5;+2/p-2. The van der Waals surface area contributed by atoms with Crippen LogP contribution >= 0.6 is 0 Å². The van der Waals surface area contributed by atoms with E-state index in [1.54, 1.807) is 0 Å². The van der Waals surface area contributed by atoms with Crippen molar-refractivity contribution < 1.29 is 276 Å². The molecule has 0 aliphatic heterocycles. The summed E-state index contributed by atoms with van der Waals surface area (Å²) in [6, 6.07) is 0. The first-order chi connectivity index (χ1) is 12.1. The van der Waals surface area contributed by atoms with Crippen molar-refractivity contribution in [3.05, 3.63) is 0 Å². The molecule has 0 bridgehead atoms. The van der Waals surface area contributed by atoms with Crippen LogP contribution in [0.1, 0.15) is 0 Å².